The van der Waals surface area contributed by atoms with Crippen LogP contribution in [0.2, 0.25) is 0 Å². The molecule has 0 saturated carbocycles. The maximum absolute atomic E-state index is 5.98. The minimum Gasteiger partial charge on any atom is -0.473 e. The van der Waals surface area contributed by atoms with Crippen LogP contribution in [-0.4, -0.2) is 41.1 Å². The second kappa shape index (κ2) is 5.69. The molecule has 5 nitrogen and oxygen atoms in total. The molecule has 0 spiro atoms. The number of anilines is 1. The molecule has 0 aromatic carbocycles. The normalized spacial score (nSPS) is 18.9. The number of likely N-dealkylation sites (tertiary alicyclic amines) is 1. The van der Waals surface area contributed by atoms with Crippen LogP contribution in [0.25, 0.3) is 11.1 Å². The average Bonchev–Trinajstić information content (AvgIpc) is 2.85. The van der Waals surface area contributed by atoms with Gasteiger partial charge in [-0.15, -0.1) is 0 Å². The van der Waals surface area contributed by atoms with E-state index in [1.807, 2.05) is 25.1 Å². The summed E-state index contributed by atoms with van der Waals surface area (Å²) >= 11 is 0. The summed E-state index contributed by atoms with van der Waals surface area (Å²) < 4.78 is 5.95. The molecule has 2 N–H and O–H groups in total. The van der Waals surface area contributed by atoms with Gasteiger partial charge in [0.15, 0.2) is 0 Å². The number of nitrogens with zero attached hydrogens (tertiary/aromatic N) is 3. The molecule has 21 heavy (non-hydrogen) atoms. The summed E-state index contributed by atoms with van der Waals surface area (Å²) in [5.41, 5.74) is 9.53. The highest BCUT2D eigenvalue weighted by Gasteiger charge is 2.21. The molecule has 110 valence electrons. The Bertz CT molecular complexity index is 644. The molecule has 1 aliphatic rings. The number of aryl methyl sites for hydroxylation is 1. The molecular weight excluding hydrogens is 264 g/mol. The van der Waals surface area contributed by atoms with E-state index in [0.29, 0.717) is 11.6 Å². The van der Waals surface area contributed by atoms with Gasteiger partial charge in [0.25, 0.3) is 0 Å². The van der Waals surface area contributed by atoms with Gasteiger partial charge in [-0.3, -0.25) is 4.98 Å². The number of pyridine rings is 2. The van der Waals surface area contributed by atoms with E-state index in [1.165, 1.54) is 0 Å². The van der Waals surface area contributed by atoms with Crippen molar-refractivity contribution in [2.45, 2.75) is 19.4 Å². The molecule has 3 rings (SSSR count). The lowest BCUT2D eigenvalue weighted by atomic mass is 10.0. The fourth-order valence-corrected chi connectivity index (χ4v) is 2.70. The van der Waals surface area contributed by atoms with Crippen molar-refractivity contribution in [2.75, 3.05) is 25.9 Å². The van der Waals surface area contributed by atoms with Gasteiger partial charge in [-0.1, -0.05) is 0 Å². The number of rotatable bonds is 3. The smallest absolute Gasteiger partial charge is 0.213 e. The lowest BCUT2D eigenvalue weighted by Crippen LogP contribution is -2.21. The molecule has 2 aromatic rings. The van der Waals surface area contributed by atoms with Crippen molar-refractivity contribution in [3.63, 3.8) is 0 Å². The maximum atomic E-state index is 5.98. The zero-order valence-corrected chi connectivity index (χ0v) is 12.4. The lowest BCUT2D eigenvalue weighted by Gasteiger charge is -2.15. The molecule has 1 aliphatic heterocycles. The molecule has 0 radical (unpaired) electrons. The van der Waals surface area contributed by atoms with Gasteiger partial charge in [-0.2, -0.15) is 0 Å². The summed E-state index contributed by atoms with van der Waals surface area (Å²) in [6.07, 6.45) is 4.69. The Morgan fingerprint density at radius 3 is 2.81 bits per heavy atom. The topological polar surface area (TPSA) is 64.3 Å². The predicted molar refractivity (Wildman–Crippen MR) is 83.1 cm³/mol. The number of nitrogens with two attached hydrogens (primary N) is 1. The third kappa shape index (κ3) is 2.97. The van der Waals surface area contributed by atoms with Gasteiger partial charge in [-0.05, 0) is 32.5 Å². The fraction of sp³-hybridized carbons (Fsp3) is 0.375. The summed E-state index contributed by atoms with van der Waals surface area (Å²) in [6, 6.07) is 5.84. The van der Waals surface area contributed by atoms with E-state index in [0.717, 1.165) is 36.3 Å². The average molecular weight is 284 g/mol. The van der Waals surface area contributed by atoms with E-state index in [2.05, 4.69) is 21.9 Å². The van der Waals surface area contributed by atoms with Crippen LogP contribution in [-0.2, 0) is 0 Å². The third-order valence-electron chi connectivity index (χ3n) is 3.84. The molecule has 3 heterocycles. The van der Waals surface area contributed by atoms with Gasteiger partial charge in [0.1, 0.15) is 6.10 Å². The minimum atomic E-state index is 0.235. The van der Waals surface area contributed by atoms with Crippen molar-refractivity contribution >= 4 is 5.69 Å². The molecule has 0 aliphatic carbocycles. The van der Waals surface area contributed by atoms with E-state index in [9.17, 15) is 0 Å². The van der Waals surface area contributed by atoms with Crippen molar-refractivity contribution in [1.29, 1.82) is 0 Å². The Kier molecular flexibility index (Phi) is 3.75. The monoisotopic (exact) mass is 284 g/mol. The highest BCUT2D eigenvalue weighted by molar-refractivity contribution is 5.76. The summed E-state index contributed by atoms with van der Waals surface area (Å²) in [7, 11) is 2.11. The Morgan fingerprint density at radius 2 is 2.14 bits per heavy atom. The van der Waals surface area contributed by atoms with Crippen molar-refractivity contribution in [3.8, 4) is 17.0 Å². The van der Waals surface area contributed by atoms with Gasteiger partial charge < -0.3 is 15.4 Å². The Balaban J connectivity index is 1.82. The highest BCUT2D eigenvalue weighted by Crippen LogP contribution is 2.28. The van der Waals surface area contributed by atoms with Crippen LogP contribution >= 0.6 is 0 Å². The number of ether oxygens (including phenoxy) is 1. The summed E-state index contributed by atoms with van der Waals surface area (Å²) in [4.78, 5) is 10.8. The van der Waals surface area contributed by atoms with Gasteiger partial charge in [0.2, 0.25) is 5.88 Å². The van der Waals surface area contributed by atoms with E-state index in [-0.39, 0.29) is 6.10 Å². The second-order valence-electron chi connectivity index (χ2n) is 5.54. The van der Waals surface area contributed by atoms with Crippen LogP contribution in [0.15, 0.2) is 30.6 Å². The van der Waals surface area contributed by atoms with E-state index < -0.39 is 0 Å². The van der Waals surface area contributed by atoms with Crippen LogP contribution in [0.3, 0.4) is 0 Å². The first-order chi connectivity index (χ1) is 10.1. The Hall–Kier alpha value is -2.14. The molecule has 1 atom stereocenters. The molecule has 1 saturated heterocycles. The Morgan fingerprint density at radius 1 is 1.29 bits per heavy atom. The van der Waals surface area contributed by atoms with Gasteiger partial charge in [-0.25, -0.2) is 4.98 Å². The molecule has 1 fully saturated rings. The summed E-state index contributed by atoms with van der Waals surface area (Å²) in [5, 5.41) is 0. The minimum absolute atomic E-state index is 0.235. The number of hydrogen-bond acceptors (Lipinski definition) is 5. The first-order valence-corrected chi connectivity index (χ1v) is 7.16. The van der Waals surface area contributed by atoms with Gasteiger partial charge in [0, 0.05) is 42.2 Å². The zero-order chi connectivity index (χ0) is 14.8. The lowest BCUT2D eigenvalue weighted by molar-refractivity contribution is 0.200. The first-order valence-electron chi connectivity index (χ1n) is 7.16. The number of nitrogen functional groups attached to an aromatic ring is 1. The predicted octanol–water partition coefficient (Wildman–Crippen LogP) is 2.12. The number of hydrogen-bond donors (Lipinski definition) is 1. The quantitative estimate of drug-likeness (QED) is 0.935. The van der Waals surface area contributed by atoms with Crippen LogP contribution < -0.4 is 10.5 Å². The van der Waals surface area contributed by atoms with E-state index in [1.54, 1.807) is 12.4 Å². The van der Waals surface area contributed by atoms with Crippen LogP contribution in [0, 0.1) is 6.92 Å². The maximum Gasteiger partial charge on any atom is 0.213 e. The SMILES string of the molecule is Cc1nc(O[C@H]2CCN(C)C2)ccc1-c1ccncc1N. The van der Waals surface area contributed by atoms with Crippen molar-refractivity contribution in [3.05, 3.63) is 36.3 Å². The molecular formula is C16H20N4O. The highest BCUT2D eigenvalue weighted by atomic mass is 16.5. The largest absolute Gasteiger partial charge is 0.473 e. The molecule has 2 aromatic heterocycles. The molecule has 5 heteroatoms. The van der Waals surface area contributed by atoms with E-state index in [4.69, 9.17) is 10.5 Å². The van der Waals surface area contributed by atoms with Crippen LogP contribution in [0.4, 0.5) is 5.69 Å². The van der Waals surface area contributed by atoms with Crippen molar-refractivity contribution < 1.29 is 4.74 Å². The standard InChI is InChI=1S/C16H20N4O/c1-11-13(14-5-7-18-9-15(14)17)3-4-16(19-11)21-12-6-8-20(2)10-12/h3-5,7,9,12H,6,8,10,17H2,1-2H3/t12-/m0/s1. The molecule has 0 amide bonds. The zero-order valence-electron chi connectivity index (χ0n) is 12.4. The Labute approximate surface area is 124 Å². The van der Waals surface area contributed by atoms with Crippen molar-refractivity contribution in [2.24, 2.45) is 0 Å². The molecule has 0 unspecified atom stereocenters. The second-order valence-corrected chi connectivity index (χ2v) is 5.54. The summed E-state index contributed by atoms with van der Waals surface area (Å²) in [5.74, 6) is 0.684. The van der Waals surface area contributed by atoms with Crippen LogP contribution in [0.5, 0.6) is 5.88 Å². The van der Waals surface area contributed by atoms with Gasteiger partial charge >= 0.3 is 0 Å². The van der Waals surface area contributed by atoms with Crippen LogP contribution in [0.1, 0.15) is 12.1 Å². The van der Waals surface area contributed by atoms with E-state index >= 15 is 0 Å². The number of aromatic nitrogens is 2. The fourth-order valence-electron chi connectivity index (χ4n) is 2.70. The van der Waals surface area contributed by atoms with Crippen molar-refractivity contribution in [1.82, 2.24) is 14.9 Å². The van der Waals surface area contributed by atoms with Gasteiger partial charge in [0.05, 0.1) is 11.9 Å². The first kappa shape index (κ1) is 13.8. The third-order valence-corrected chi connectivity index (χ3v) is 3.84. The number of likely N-dealkylation sites (N-methyl/N-ethyl adjacent to an activating group) is 1. The summed E-state index contributed by atoms with van der Waals surface area (Å²) in [6.45, 7) is 4.01. The molecule has 0 bridgehead atoms.